The van der Waals surface area contributed by atoms with Crippen molar-refractivity contribution in [2.45, 2.75) is 70.9 Å². The number of aromatic nitrogens is 1. The summed E-state index contributed by atoms with van der Waals surface area (Å²) in [4.78, 5) is 18.1. The van der Waals surface area contributed by atoms with Crippen molar-refractivity contribution >= 4 is 35.8 Å². The van der Waals surface area contributed by atoms with Crippen molar-refractivity contribution in [3.05, 3.63) is 17.5 Å². The molecule has 164 valence electrons. The lowest BCUT2D eigenvalue weighted by atomic mass is 9.95. The highest BCUT2D eigenvalue weighted by atomic mass is 127. The van der Waals surface area contributed by atoms with Crippen LogP contribution in [-0.4, -0.2) is 48.6 Å². The maximum atomic E-state index is 12.0. The third kappa shape index (κ3) is 6.33. The molecule has 2 bridgehead atoms. The molecule has 3 atom stereocenters. The van der Waals surface area contributed by atoms with Gasteiger partial charge in [0, 0.05) is 32.1 Å². The summed E-state index contributed by atoms with van der Waals surface area (Å²) in [5.41, 5.74) is 1.02. The Labute approximate surface area is 191 Å². The van der Waals surface area contributed by atoms with Crippen LogP contribution in [0.15, 0.2) is 15.6 Å². The number of amides is 1. The molecule has 8 heteroatoms. The number of fused-ring (bicyclic) bond motifs is 2. The lowest BCUT2D eigenvalue weighted by molar-refractivity contribution is -0.127. The van der Waals surface area contributed by atoms with Crippen LogP contribution in [-0.2, 0) is 11.3 Å². The van der Waals surface area contributed by atoms with E-state index in [1.54, 1.807) is 19.0 Å². The van der Waals surface area contributed by atoms with Gasteiger partial charge in [0.2, 0.25) is 5.91 Å². The Morgan fingerprint density at radius 3 is 2.66 bits per heavy atom. The molecule has 1 amide bonds. The Morgan fingerprint density at radius 2 is 2.07 bits per heavy atom. The maximum absolute atomic E-state index is 12.0. The number of guanidine groups is 1. The summed E-state index contributed by atoms with van der Waals surface area (Å²) in [5, 5.41) is 11.1. The molecule has 7 nitrogen and oxygen atoms in total. The predicted octanol–water partition coefficient (Wildman–Crippen LogP) is 3.51. The quantitative estimate of drug-likeness (QED) is 0.314. The average Bonchev–Trinajstić information content (AvgIpc) is 3.42. The fraction of sp³-hybridized carbons (Fsp3) is 0.762. The van der Waals surface area contributed by atoms with Gasteiger partial charge in [0.05, 0.1) is 12.2 Å². The molecule has 2 N–H and O–H groups in total. The second-order valence-corrected chi connectivity index (χ2v) is 8.46. The molecule has 2 aliphatic rings. The van der Waals surface area contributed by atoms with Crippen LogP contribution in [0.3, 0.4) is 0 Å². The Kier molecular flexibility index (Phi) is 9.23. The van der Waals surface area contributed by atoms with Gasteiger partial charge in [0.1, 0.15) is 6.54 Å². The number of rotatable bonds is 8. The number of carbonyl (C=O) groups is 1. The number of hydrogen-bond acceptors (Lipinski definition) is 4. The van der Waals surface area contributed by atoms with E-state index in [2.05, 4.69) is 34.6 Å². The zero-order chi connectivity index (χ0) is 20.1. The van der Waals surface area contributed by atoms with Crippen LogP contribution >= 0.6 is 24.0 Å². The van der Waals surface area contributed by atoms with E-state index in [0.717, 1.165) is 36.1 Å². The Hall–Kier alpha value is -1.32. The van der Waals surface area contributed by atoms with Gasteiger partial charge >= 0.3 is 0 Å². The molecule has 3 unspecified atom stereocenters. The molecule has 1 aromatic heterocycles. The van der Waals surface area contributed by atoms with Crippen LogP contribution in [0.25, 0.3) is 0 Å². The Morgan fingerprint density at radius 1 is 1.31 bits per heavy atom. The van der Waals surface area contributed by atoms with E-state index >= 15 is 0 Å². The van der Waals surface area contributed by atoms with Gasteiger partial charge in [-0.1, -0.05) is 25.4 Å². The van der Waals surface area contributed by atoms with Crippen molar-refractivity contribution in [3.8, 4) is 0 Å². The van der Waals surface area contributed by atoms with Crippen LogP contribution in [0.1, 0.15) is 69.7 Å². The molecule has 1 aromatic rings. The van der Waals surface area contributed by atoms with E-state index in [1.807, 2.05) is 6.07 Å². The second-order valence-electron chi connectivity index (χ2n) is 8.46. The molecule has 2 saturated carbocycles. The molecule has 0 aromatic carbocycles. The Balaban J connectivity index is 0.00000300. The molecular weight excluding hydrogens is 481 g/mol. The normalized spacial score (nSPS) is 23.2. The molecule has 1 heterocycles. The maximum Gasteiger partial charge on any atom is 0.243 e. The number of nitrogens with zero attached hydrogens (tertiary/aromatic N) is 3. The largest absolute Gasteiger partial charge is 0.359 e. The van der Waals surface area contributed by atoms with E-state index in [9.17, 15) is 4.79 Å². The number of halogens is 1. The summed E-state index contributed by atoms with van der Waals surface area (Å²) in [5.74, 6) is 3.49. The van der Waals surface area contributed by atoms with Crippen molar-refractivity contribution in [2.75, 3.05) is 20.6 Å². The summed E-state index contributed by atoms with van der Waals surface area (Å²) < 4.78 is 5.51. The average molecular weight is 517 g/mol. The van der Waals surface area contributed by atoms with Crippen molar-refractivity contribution in [3.63, 3.8) is 0 Å². The summed E-state index contributed by atoms with van der Waals surface area (Å²) >= 11 is 0. The monoisotopic (exact) mass is 517 g/mol. The second kappa shape index (κ2) is 11.2. The van der Waals surface area contributed by atoms with Crippen LogP contribution in [0.5, 0.6) is 0 Å². The number of nitrogens with one attached hydrogen (secondary N) is 2. The van der Waals surface area contributed by atoms with Gasteiger partial charge in [0.25, 0.3) is 0 Å². The van der Waals surface area contributed by atoms with E-state index in [1.165, 1.54) is 25.7 Å². The highest BCUT2D eigenvalue weighted by Crippen LogP contribution is 2.44. The first-order chi connectivity index (χ1) is 13.5. The first-order valence-electron chi connectivity index (χ1n) is 10.7. The van der Waals surface area contributed by atoms with Crippen molar-refractivity contribution in [1.82, 2.24) is 20.7 Å². The lowest BCUT2D eigenvalue weighted by Crippen LogP contribution is -2.45. The lowest BCUT2D eigenvalue weighted by Gasteiger charge is -2.25. The van der Waals surface area contributed by atoms with Gasteiger partial charge in [-0.3, -0.25) is 4.79 Å². The van der Waals surface area contributed by atoms with Gasteiger partial charge in [-0.25, -0.2) is 4.99 Å². The molecule has 0 radical (unpaired) electrons. The minimum atomic E-state index is -0.00951. The SMILES string of the molecule is CCC(CC)c1cc(CNC(=NCC(=O)N(C)C)NC2CC3CCC2C3)on1.I. The van der Waals surface area contributed by atoms with Crippen molar-refractivity contribution in [2.24, 2.45) is 16.8 Å². The van der Waals surface area contributed by atoms with Crippen molar-refractivity contribution in [1.29, 1.82) is 0 Å². The number of carbonyl (C=O) groups excluding carboxylic acids is 1. The first-order valence-corrected chi connectivity index (χ1v) is 10.7. The fourth-order valence-corrected chi connectivity index (χ4v) is 4.52. The van der Waals surface area contributed by atoms with E-state index in [-0.39, 0.29) is 36.4 Å². The molecule has 2 fully saturated rings. The molecule has 2 aliphatic carbocycles. The highest BCUT2D eigenvalue weighted by molar-refractivity contribution is 14.0. The molecule has 3 rings (SSSR count). The zero-order valence-electron chi connectivity index (χ0n) is 18.1. The smallest absolute Gasteiger partial charge is 0.243 e. The fourth-order valence-electron chi connectivity index (χ4n) is 4.52. The summed E-state index contributed by atoms with van der Waals surface area (Å²) in [6.07, 6.45) is 7.30. The van der Waals surface area contributed by atoms with E-state index < -0.39 is 0 Å². The first kappa shape index (κ1) is 24.0. The number of hydrogen-bond donors (Lipinski definition) is 2. The van der Waals surface area contributed by atoms with Gasteiger partial charge in [-0.15, -0.1) is 24.0 Å². The topological polar surface area (TPSA) is 82.8 Å². The molecule has 0 spiro atoms. The van der Waals surface area contributed by atoms with Gasteiger partial charge in [0.15, 0.2) is 11.7 Å². The van der Waals surface area contributed by atoms with Gasteiger partial charge in [-0.2, -0.15) is 0 Å². The molecule has 0 saturated heterocycles. The van der Waals surface area contributed by atoms with Crippen LogP contribution in [0.4, 0.5) is 0 Å². The van der Waals surface area contributed by atoms with Gasteiger partial charge in [-0.05, 0) is 43.9 Å². The molecular formula is C21H36IN5O2. The van der Waals surface area contributed by atoms with Crippen LogP contribution in [0.2, 0.25) is 0 Å². The van der Waals surface area contributed by atoms with Crippen LogP contribution < -0.4 is 10.6 Å². The number of aliphatic imine (C=N–C) groups is 1. The van der Waals surface area contributed by atoms with Gasteiger partial charge < -0.3 is 20.1 Å². The van der Waals surface area contributed by atoms with Crippen molar-refractivity contribution < 1.29 is 9.32 Å². The summed E-state index contributed by atoms with van der Waals surface area (Å²) in [6, 6.07) is 2.49. The van der Waals surface area contributed by atoms with Crippen LogP contribution in [0, 0.1) is 11.8 Å². The molecule has 29 heavy (non-hydrogen) atoms. The minimum absolute atomic E-state index is 0. The third-order valence-electron chi connectivity index (χ3n) is 6.34. The van der Waals surface area contributed by atoms with E-state index in [4.69, 9.17) is 4.52 Å². The predicted molar refractivity (Wildman–Crippen MR) is 125 cm³/mol. The zero-order valence-corrected chi connectivity index (χ0v) is 20.4. The number of likely N-dealkylation sites (N-methyl/N-ethyl adjacent to an activating group) is 1. The minimum Gasteiger partial charge on any atom is -0.359 e. The third-order valence-corrected chi connectivity index (χ3v) is 6.34. The van der Waals surface area contributed by atoms with E-state index in [0.29, 0.717) is 24.5 Å². The Bertz CT molecular complexity index is 686. The standard InChI is InChI=1S/C21H35N5O2.HI/c1-5-15(6-2)19-11-17(28-25-19)12-22-21(23-13-20(27)26(3)4)24-18-10-14-7-8-16(18)9-14;/h11,14-16,18H,5-10,12-13H2,1-4H3,(H2,22,23,24);1H. The molecule has 0 aliphatic heterocycles. The summed E-state index contributed by atoms with van der Waals surface area (Å²) in [6.45, 7) is 4.99. The highest BCUT2D eigenvalue weighted by Gasteiger charge is 2.39. The summed E-state index contributed by atoms with van der Waals surface area (Å²) in [7, 11) is 3.50.